The second-order valence-corrected chi connectivity index (χ2v) is 16.9. The second kappa shape index (κ2) is 39.1. The van der Waals surface area contributed by atoms with Crippen LogP contribution in [0.4, 0.5) is 0 Å². The second-order valence-electron chi connectivity index (χ2n) is 15.5. The zero-order valence-corrected chi connectivity index (χ0v) is 38.2. The van der Waals surface area contributed by atoms with Gasteiger partial charge in [-0.1, -0.05) is 137 Å². The van der Waals surface area contributed by atoms with Gasteiger partial charge in [-0.05, 0) is 83.5 Å². The van der Waals surface area contributed by atoms with Gasteiger partial charge in [-0.2, -0.15) is 0 Å². The average molecular weight is 846 g/mol. The molecule has 59 heavy (non-hydrogen) atoms. The summed E-state index contributed by atoms with van der Waals surface area (Å²) in [6.45, 7) is 3.80. The summed E-state index contributed by atoms with van der Waals surface area (Å²) < 4.78 is 33.7. The minimum absolute atomic E-state index is 0.0369. The average Bonchev–Trinajstić information content (AvgIpc) is 3.18. The summed E-state index contributed by atoms with van der Waals surface area (Å²) >= 11 is 0. The summed E-state index contributed by atoms with van der Waals surface area (Å²) in [5.41, 5.74) is 0. The van der Waals surface area contributed by atoms with Gasteiger partial charge in [-0.25, -0.2) is 0 Å². The van der Waals surface area contributed by atoms with Crippen molar-refractivity contribution in [2.45, 2.75) is 148 Å². The predicted molar refractivity (Wildman–Crippen MR) is 241 cm³/mol. The first kappa shape index (κ1) is 55.9. The number of rotatable bonds is 38. The third-order valence-electron chi connectivity index (χ3n) is 8.69. The van der Waals surface area contributed by atoms with Gasteiger partial charge in [-0.15, -0.1) is 0 Å². The van der Waals surface area contributed by atoms with Crippen molar-refractivity contribution in [1.82, 2.24) is 0 Å². The Balaban J connectivity index is 4.62. The Hall–Kier alpha value is -3.11. The van der Waals surface area contributed by atoms with E-state index in [-0.39, 0.29) is 26.1 Å². The van der Waals surface area contributed by atoms with Crippen LogP contribution in [0.15, 0.2) is 97.2 Å². The monoisotopic (exact) mass is 846 g/mol. The molecule has 0 saturated heterocycles. The number of esters is 2. The number of allylic oxidation sites excluding steroid dienone is 15. The van der Waals surface area contributed by atoms with E-state index in [1.807, 2.05) is 33.3 Å². The molecule has 0 fully saturated rings. The highest BCUT2D eigenvalue weighted by Crippen LogP contribution is 2.38. The molecule has 0 bridgehead atoms. The van der Waals surface area contributed by atoms with Gasteiger partial charge in [0.1, 0.15) is 19.8 Å². The standard InChI is InChI=1S/C48H80NO9P/c1-6-8-10-12-14-16-18-20-21-22-23-25-27-29-31-33-35-39-48(52)58-46(44-57-59(53,54)56-42-41-49(3,4)5)43-55-47(51)40-36-38-45(50)37-34-32-30-28-26-24-19-17-15-13-11-9-7-2/h8,10,14-17,20-21,23-26,30,32,34,37,45-46,50H,6-7,9,11-13,18-19,22,27-29,31,33,35-36,38-44H2,1-5H3/b10-8-,16-14-,17-15-,21-20-,25-23-,26-24-,32-30-,37-34+/t45-,46-/m1/s1. The molecule has 0 aliphatic heterocycles. The first-order chi connectivity index (χ1) is 28.4. The number of carbonyl (C=O) groups excluding carboxylic acids is 2. The Morgan fingerprint density at radius 2 is 1.19 bits per heavy atom. The lowest BCUT2D eigenvalue weighted by Crippen LogP contribution is -2.37. The van der Waals surface area contributed by atoms with Gasteiger partial charge >= 0.3 is 11.9 Å². The molecule has 1 unspecified atom stereocenters. The van der Waals surface area contributed by atoms with E-state index in [1.165, 1.54) is 19.3 Å². The molecule has 0 aliphatic carbocycles. The van der Waals surface area contributed by atoms with Crippen molar-refractivity contribution in [2.75, 3.05) is 47.5 Å². The Morgan fingerprint density at radius 1 is 0.644 bits per heavy atom. The van der Waals surface area contributed by atoms with Gasteiger partial charge < -0.3 is 33.0 Å². The van der Waals surface area contributed by atoms with Crippen molar-refractivity contribution >= 4 is 19.8 Å². The third kappa shape index (κ3) is 42.8. The molecule has 0 radical (unpaired) electrons. The van der Waals surface area contributed by atoms with E-state index in [4.69, 9.17) is 18.5 Å². The maximum absolute atomic E-state index is 12.7. The topological polar surface area (TPSA) is 131 Å². The van der Waals surface area contributed by atoms with Crippen LogP contribution in [0, 0.1) is 0 Å². The Kier molecular flexibility index (Phi) is 37.0. The Bertz CT molecular complexity index is 1340. The summed E-state index contributed by atoms with van der Waals surface area (Å²) in [6, 6.07) is 0. The SMILES string of the molecule is CC/C=C\C/C=C\C/C=C\C/C=C\CCCCCCC(=O)O[C@H](COC(=O)CCC[C@H](O)/C=C/C=C\C/C=C\C/C=C\CCCCC)COP(=O)([O-])OCC[N+](C)(C)C. The van der Waals surface area contributed by atoms with E-state index in [2.05, 4.69) is 86.8 Å². The Labute approximate surface area is 358 Å². The largest absolute Gasteiger partial charge is 0.756 e. The molecule has 0 heterocycles. The lowest BCUT2D eigenvalue weighted by Gasteiger charge is -2.28. The van der Waals surface area contributed by atoms with Crippen molar-refractivity contribution in [2.24, 2.45) is 0 Å². The summed E-state index contributed by atoms with van der Waals surface area (Å²) in [7, 11) is 1.03. The molecule has 10 nitrogen and oxygen atoms in total. The third-order valence-corrected chi connectivity index (χ3v) is 9.66. The van der Waals surface area contributed by atoms with Crippen LogP contribution in [0.25, 0.3) is 0 Å². The lowest BCUT2D eigenvalue weighted by molar-refractivity contribution is -0.870. The van der Waals surface area contributed by atoms with Gasteiger partial charge in [0.05, 0.1) is 33.9 Å². The number of nitrogens with zero attached hydrogens (tertiary/aromatic N) is 1. The van der Waals surface area contributed by atoms with Gasteiger partial charge in [0.2, 0.25) is 0 Å². The summed E-state index contributed by atoms with van der Waals surface area (Å²) in [5.74, 6) is -1.08. The van der Waals surface area contributed by atoms with Crippen molar-refractivity contribution in [3.63, 3.8) is 0 Å². The van der Waals surface area contributed by atoms with Gasteiger partial charge in [0.15, 0.2) is 6.10 Å². The molecule has 0 spiro atoms. The zero-order chi connectivity index (χ0) is 43.7. The number of unbranched alkanes of at least 4 members (excludes halogenated alkanes) is 7. The van der Waals surface area contributed by atoms with Crippen LogP contribution in [-0.4, -0.2) is 81.2 Å². The molecule has 11 heteroatoms. The summed E-state index contributed by atoms with van der Waals surface area (Å²) in [4.78, 5) is 37.6. The molecule has 0 aromatic heterocycles. The Morgan fingerprint density at radius 3 is 1.78 bits per heavy atom. The van der Waals surface area contributed by atoms with Gasteiger partial charge in [0.25, 0.3) is 7.82 Å². The van der Waals surface area contributed by atoms with Crippen LogP contribution in [0.2, 0.25) is 0 Å². The van der Waals surface area contributed by atoms with Crippen LogP contribution in [0.3, 0.4) is 0 Å². The molecule has 0 saturated carbocycles. The fourth-order valence-corrected chi connectivity index (χ4v) is 5.95. The quantitative estimate of drug-likeness (QED) is 0.0161. The van der Waals surface area contributed by atoms with Crippen LogP contribution in [0.5, 0.6) is 0 Å². The number of hydrogen-bond donors (Lipinski definition) is 1. The molecule has 0 aromatic carbocycles. The number of carbonyl (C=O) groups is 2. The zero-order valence-electron chi connectivity index (χ0n) is 37.3. The number of hydrogen-bond acceptors (Lipinski definition) is 9. The fourth-order valence-electron chi connectivity index (χ4n) is 5.22. The molecular weight excluding hydrogens is 766 g/mol. The number of quaternary nitrogens is 1. The lowest BCUT2D eigenvalue weighted by atomic mass is 10.1. The highest BCUT2D eigenvalue weighted by molar-refractivity contribution is 7.45. The summed E-state index contributed by atoms with van der Waals surface area (Å²) in [5, 5.41) is 10.3. The maximum atomic E-state index is 12.7. The first-order valence-corrected chi connectivity index (χ1v) is 23.5. The van der Waals surface area contributed by atoms with Crippen molar-refractivity contribution in [3.05, 3.63) is 97.2 Å². The van der Waals surface area contributed by atoms with E-state index < -0.39 is 38.6 Å². The maximum Gasteiger partial charge on any atom is 0.306 e. The van der Waals surface area contributed by atoms with E-state index in [0.717, 1.165) is 70.6 Å². The van der Waals surface area contributed by atoms with Gasteiger partial charge in [0, 0.05) is 12.8 Å². The molecule has 336 valence electrons. The van der Waals surface area contributed by atoms with Crippen molar-refractivity contribution in [1.29, 1.82) is 0 Å². The van der Waals surface area contributed by atoms with Crippen molar-refractivity contribution < 1.29 is 47.2 Å². The van der Waals surface area contributed by atoms with Crippen LogP contribution in [0.1, 0.15) is 136 Å². The molecule has 0 aromatic rings. The fraction of sp³-hybridized carbons (Fsp3) is 0.625. The normalized spacial score (nSPS) is 15.0. The highest BCUT2D eigenvalue weighted by atomic mass is 31.2. The first-order valence-electron chi connectivity index (χ1n) is 22.1. The van der Waals surface area contributed by atoms with Crippen molar-refractivity contribution in [3.8, 4) is 0 Å². The van der Waals surface area contributed by atoms with E-state index in [1.54, 1.807) is 12.2 Å². The number of likely N-dealkylation sites (N-methyl/N-ethyl adjacent to an activating group) is 1. The summed E-state index contributed by atoms with van der Waals surface area (Å²) in [6.07, 6.45) is 47.5. The molecular formula is C48H80NO9P. The smallest absolute Gasteiger partial charge is 0.306 e. The van der Waals surface area contributed by atoms with Gasteiger partial charge in [-0.3, -0.25) is 14.2 Å². The number of phosphoric ester groups is 1. The van der Waals surface area contributed by atoms with E-state index >= 15 is 0 Å². The molecule has 0 aliphatic rings. The number of aliphatic hydroxyl groups excluding tert-OH is 1. The number of aliphatic hydroxyl groups is 1. The number of phosphoric acid groups is 1. The van der Waals surface area contributed by atoms with Crippen LogP contribution >= 0.6 is 7.82 Å². The predicted octanol–water partition coefficient (Wildman–Crippen LogP) is 10.9. The molecule has 0 rings (SSSR count). The minimum Gasteiger partial charge on any atom is -0.756 e. The van der Waals surface area contributed by atoms with Crippen LogP contribution in [-0.2, 0) is 32.7 Å². The number of ether oxygens (including phenoxy) is 2. The van der Waals surface area contributed by atoms with E-state index in [0.29, 0.717) is 30.3 Å². The molecule has 3 atom stereocenters. The highest BCUT2D eigenvalue weighted by Gasteiger charge is 2.21. The molecule has 0 amide bonds. The van der Waals surface area contributed by atoms with E-state index in [9.17, 15) is 24.2 Å². The van der Waals surface area contributed by atoms with Crippen LogP contribution < -0.4 is 4.89 Å². The molecule has 1 N–H and O–H groups in total. The minimum atomic E-state index is -4.68.